The highest BCUT2D eigenvalue weighted by Gasteiger charge is 2.30. The van der Waals surface area contributed by atoms with E-state index in [2.05, 4.69) is 39.1 Å². The minimum absolute atomic E-state index is 0.221. The topological polar surface area (TPSA) is 12.0 Å². The number of halogens is 1. The molecule has 21 heavy (non-hydrogen) atoms. The Morgan fingerprint density at radius 2 is 2.00 bits per heavy atom. The summed E-state index contributed by atoms with van der Waals surface area (Å²) in [6, 6.07) is 4.26. The molecule has 1 N–H and O–H groups in total. The second-order valence-electron chi connectivity index (χ2n) is 7.65. The molecule has 2 rings (SSSR count). The molecular formula is C18H30ClNS. The molecule has 0 bridgehead atoms. The van der Waals surface area contributed by atoms with Gasteiger partial charge in [0.15, 0.2) is 0 Å². The predicted octanol–water partition coefficient (Wildman–Crippen LogP) is 5.77. The molecule has 1 aromatic rings. The Labute approximate surface area is 139 Å². The Hall–Kier alpha value is -0.0500. The molecule has 0 amide bonds. The van der Waals surface area contributed by atoms with Crippen LogP contribution in [0.3, 0.4) is 0 Å². The Kier molecular flexibility index (Phi) is 6.16. The van der Waals surface area contributed by atoms with Crippen molar-refractivity contribution in [1.82, 2.24) is 5.32 Å². The average molecular weight is 328 g/mol. The van der Waals surface area contributed by atoms with Gasteiger partial charge >= 0.3 is 0 Å². The van der Waals surface area contributed by atoms with Gasteiger partial charge in [0.05, 0.1) is 4.34 Å². The minimum atomic E-state index is 0.221. The van der Waals surface area contributed by atoms with Crippen LogP contribution in [0.5, 0.6) is 0 Å². The molecule has 120 valence electrons. The lowest BCUT2D eigenvalue weighted by Crippen LogP contribution is -2.42. The van der Waals surface area contributed by atoms with Gasteiger partial charge < -0.3 is 5.32 Å². The summed E-state index contributed by atoms with van der Waals surface area (Å²) < 4.78 is 0.928. The van der Waals surface area contributed by atoms with Gasteiger partial charge in [-0.15, -0.1) is 11.3 Å². The molecule has 1 heterocycles. The van der Waals surface area contributed by atoms with E-state index in [-0.39, 0.29) is 5.54 Å². The third-order valence-electron chi connectivity index (χ3n) is 4.81. The first-order valence-electron chi connectivity index (χ1n) is 8.36. The van der Waals surface area contributed by atoms with Crippen LogP contribution < -0.4 is 5.32 Å². The van der Waals surface area contributed by atoms with Gasteiger partial charge in [-0.25, -0.2) is 0 Å². The zero-order valence-electron chi connectivity index (χ0n) is 13.9. The van der Waals surface area contributed by atoms with Crippen molar-refractivity contribution in [2.24, 2.45) is 17.8 Å². The fourth-order valence-electron chi connectivity index (χ4n) is 3.47. The molecule has 0 saturated heterocycles. The van der Waals surface area contributed by atoms with Crippen LogP contribution in [0.2, 0.25) is 4.34 Å². The molecule has 0 aromatic carbocycles. The van der Waals surface area contributed by atoms with Crippen molar-refractivity contribution in [3.8, 4) is 0 Å². The van der Waals surface area contributed by atoms with Crippen LogP contribution in [0.1, 0.15) is 58.3 Å². The van der Waals surface area contributed by atoms with Crippen molar-refractivity contribution < 1.29 is 0 Å². The maximum absolute atomic E-state index is 6.10. The van der Waals surface area contributed by atoms with Crippen LogP contribution in [0, 0.1) is 17.8 Å². The second-order valence-corrected chi connectivity index (χ2v) is 9.45. The van der Waals surface area contributed by atoms with Crippen molar-refractivity contribution in [3.05, 3.63) is 21.3 Å². The van der Waals surface area contributed by atoms with Crippen molar-refractivity contribution in [1.29, 1.82) is 0 Å². The van der Waals surface area contributed by atoms with Crippen LogP contribution in [0.15, 0.2) is 12.1 Å². The van der Waals surface area contributed by atoms with Crippen molar-refractivity contribution >= 4 is 22.9 Å². The fraction of sp³-hybridized carbons (Fsp3) is 0.778. The molecule has 3 atom stereocenters. The van der Waals surface area contributed by atoms with E-state index < -0.39 is 0 Å². The average Bonchev–Trinajstić information content (AvgIpc) is 2.81. The Bertz CT molecular complexity index is 435. The van der Waals surface area contributed by atoms with Crippen molar-refractivity contribution in [2.75, 3.05) is 6.54 Å². The smallest absolute Gasteiger partial charge is 0.0931 e. The van der Waals surface area contributed by atoms with E-state index >= 15 is 0 Å². The first kappa shape index (κ1) is 17.3. The summed E-state index contributed by atoms with van der Waals surface area (Å²) in [5.41, 5.74) is 0.221. The van der Waals surface area contributed by atoms with E-state index in [1.807, 2.05) is 6.07 Å². The summed E-state index contributed by atoms with van der Waals surface area (Å²) in [7, 11) is 0. The highest BCUT2D eigenvalue weighted by Crippen LogP contribution is 2.38. The van der Waals surface area contributed by atoms with E-state index in [1.165, 1.54) is 37.0 Å². The summed E-state index contributed by atoms with van der Waals surface area (Å²) in [4.78, 5) is 1.46. The number of rotatable bonds is 5. The van der Waals surface area contributed by atoms with Crippen LogP contribution in [-0.4, -0.2) is 12.1 Å². The molecular weight excluding hydrogens is 298 g/mol. The lowest BCUT2D eigenvalue weighted by Gasteiger charge is -2.37. The highest BCUT2D eigenvalue weighted by molar-refractivity contribution is 7.16. The molecule has 0 radical (unpaired) electrons. The van der Waals surface area contributed by atoms with E-state index in [1.54, 1.807) is 11.3 Å². The summed E-state index contributed by atoms with van der Waals surface area (Å²) >= 11 is 7.86. The van der Waals surface area contributed by atoms with Gasteiger partial charge in [-0.1, -0.05) is 31.4 Å². The third kappa shape index (κ3) is 5.58. The van der Waals surface area contributed by atoms with E-state index in [4.69, 9.17) is 11.6 Å². The number of nitrogens with one attached hydrogen (secondary N) is 1. The Morgan fingerprint density at radius 1 is 1.24 bits per heavy atom. The maximum atomic E-state index is 6.10. The second kappa shape index (κ2) is 7.48. The van der Waals surface area contributed by atoms with Gasteiger partial charge in [-0.05, 0) is 76.5 Å². The molecule has 1 saturated carbocycles. The lowest BCUT2D eigenvalue weighted by molar-refractivity contribution is 0.163. The molecule has 3 unspecified atom stereocenters. The fourth-order valence-corrected chi connectivity index (χ4v) is 4.65. The van der Waals surface area contributed by atoms with Crippen molar-refractivity contribution in [3.63, 3.8) is 0 Å². The van der Waals surface area contributed by atoms with Gasteiger partial charge in [0.25, 0.3) is 0 Å². The van der Waals surface area contributed by atoms with E-state index in [0.717, 1.165) is 28.6 Å². The Morgan fingerprint density at radius 3 is 2.57 bits per heavy atom. The Balaban J connectivity index is 1.99. The monoisotopic (exact) mass is 327 g/mol. The summed E-state index contributed by atoms with van der Waals surface area (Å²) in [6.07, 6.45) is 6.73. The van der Waals surface area contributed by atoms with E-state index in [0.29, 0.717) is 0 Å². The van der Waals surface area contributed by atoms with Crippen LogP contribution >= 0.6 is 22.9 Å². The van der Waals surface area contributed by atoms with Gasteiger partial charge in [0.1, 0.15) is 0 Å². The van der Waals surface area contributed by atoms with Gasteiger partial charge in [0, 0.05) is 10.4 Å². The molecule has 1 aliphatic rings. The van der Waals surface area contributed by atoms with Gasteiger partial charge in [-0.3, -0.25) is 0 Å². The summed E-state index contributed by atoms with van der Waals surface area (Å²) in [5.74, 6) is 2.55. The normalized spacial score (nSPS) is 27.0. The first-order chi connectivity index (χ1) is 9.87. The minimum Gasteiger partial charge on any atom is -0.312 e. The molecule has 0 aliphatic heterocycles. The first-order valence-corrected chi connectivity index (χ1v) is 9.56. The zero-order valence-corrected chi connectivity index (χ0v) is 15.5. The van der Waals surface area contributed by atoms with Crippen LogP contribution in [0.25, 0.3) is 0 Å². The lowest BCUT2D eigenvalue weighted by atomic mass is 9.71. The standard InChI is InChI=1S/C18H30ClNS/c1-5-13-6-7-14(12-20-18(2,3)4)15(10-13)11-16-8-9-17(19)21-16/h8-9,13-15,20H,5-7,10-12H2,1-4H3. The number of thiophene rings is 1. The maximum Gasteiger partial charge on any atom is 0.0931 e. The van der Waals surface area contributed by atoms with Gasteiger partial charge in [-0.2, -0.15) is 0 Å². The molecule has 1 nitrogen and oxygen atoms in total. The SMILES string of the molecule is CCC1CCC(CNC(C)(C)C)C(Cc2ccc(Cl)s2)C1. The zero-order chi connectivity index (χ0) is 15.5. The highest BCUT2D eigenvalue weighted by atomic mass is 35.5. The number of hydrogen-bond acceptors (Lipinski definition) is 2. The van der Waals surface area contributed by atoms with Crippen LogP contribution in [0.4, 0.5) is 0 Å². The summed E-state index contributed by atoms with van der Waals surface area (Å²) in [5, 5.41) is 3.72. The molecule has 3 heteroatoms. The largest absolute Gasteiger partial charge is 0.312 e. The van der Waals surface area contributed by atoms with E-state index in [9.17, 15) is 0 Å². The quantitative estimate of drug-likeness (QED) is 0.723. The predicted molar refractivity (Wildman–Crippen MR) is 95.4 cm³/mol. The van der Waals surface area contributed by atoms with Crippen LogP contribution in [-0.2, 0) is 6.42 Å². The molecule has 1 aromatic heterocycles. The molecule has 1 fully saturated rings. The molecule has 1 aliphatic carbocycles. The molecule has 0 spiro atoms. The number of hydrogen-bond donors (Lipinski definition) is 1. The third-order valence-corrected chi connectivity index (χ3v) is 6.07. The van der Waals surface area contributed by atoms with Gasteiger partial charge in [0.2, 0.25) is 0 Å². The van der Waals surface area contributed by atoms with Crippen molar-refractivity contribution in [2.45, 2.75) is 65.3 Å². The summed E-state index contributed by atoms with van der Waals surface area (Å²) in [6.45, 7) is 10.3.